The van der Waals surface area contributed by atoms with E-state index in [-0.39, 0.29) is 17.9 Å². The minimum Gasteiger partial charge on any atom is -0.379 e. The van der Waals surface area contributed by atoms with Gasteiger partial charge in [-0.2, -0.15) is 0 Å². The summed E-state index contributed by atoms with van der Waals surface area (Å²) in [5.74, 6) is 0.0620. The highest BCUT2D eigenvalue weighted by Crippen LogP contribution is 2.19. The standard InChI is InChI=1S/C12H19N3O2S/c1-8-14-4-9(18-8)5-15(3)12(16)10-6-17-7-11(10)13-2/h4,10-11,13H,5-7H2,1-3H3. The molecule has 1 aliphatic heterocycles. The Morgan fingerprint density at radius 3 is 3.06 bits per heavy atom. The molecule has 2 unspecified atom stereocenters. The number of amides is 1. The molecule has 18 heavy (non-hydrogen) atoms. The van der Waals surface area contributed by atoms with Crippen LogP contribution in [0.15, 0.2) is 6.20 Å². The van der Waals surface area contributed by atoms with Crippen molar-refractivity contribution in [2.24, 2.45) is 5.92 Å². The molecule has 1 aromatic heterocycles. The zero-order chi connectivity index (χ0) is 13.1. The number of nitrogens with zero attached hydrogens (tertiary/aromatic N) is 2. The van der Waals surface area contributed by atoms with Crippen LogP contribution < -0.4 is 5.32 Å². The van der Waals surface area contributed by atoms with Gasteiger partial charge in [0.1, 0.15) is 0 Å². The van der Waals surface area contributed by atoms with Crippen LogP contribution in [0.1, 0.15) is 9.88 Å². The Morgan fingerprint density at radius 1 is 1.67 bits per heavy atom. The first kappa shape index (κ1) is 13.5. The largest absolute Gasteiger partial charge is 0.379 e. The second-order valence-electron chi connectivity index (χ2n) is 4.58. The second-order valence-corrected chi connectivity index (χ2v) is 5.90. The average Bonchev–Trinajstić information content (AvgIpc) is 2.96. The van der Waals surface area contributed by atoms with Crippen molar-refractivity contribution in [3.63, 3.8) is 0 Å². The average molecular weight is 269 g/mol. The minimum atomic E-state index is -0.0750. The van der Waals surface area contributed by atoms with Gasteiger partial charge in [-0.05, 0) is 14.0 Å². The number of aromatic nitrogens is 1. The Labute approximate surface area is 111 Å². The second kappa shape index (κ2) is 5.77. The lowest BCUT2D eigenvalue weighted by molar-refractivity contribution is -0.135. The normalized spacial score (nSPS) is 23.3. The van der Waals surface area contributed by atoms with Crippen LogP contribution in [0, 0.1) is 12.8 Å². The third-order valence-corrected chi connectivity index (χ3v) is 4.10. The van der Waals surface area contributed by atoms with Crippen molar-refractivity contribution in [1.29, 1.82) is 0 Å². The highest BCUT2D eigenvalue weighted by molar-refractivity contribution is 7.11. The molecule has 100 valence electrons. The summed E-state index contributed by atoms with van der Waals surface area (Å²) >= 11 is 1.63. The number of aryl methyl sites for hydroxylation is 1. The number of thiazole rings is 1. The molecule has 5 nitrogen and oxygen atoms in total. The molecule has 0 spiro atoms. The first-order chi connectivity index (χ1) is 8.61. The van der Waals surface area contributed by atoms with Gasteiger partial charge in [0.2, 0.25) is 5.91 Å². The van der Waals surface area contributed by atoms with Gasteiger partial charge in [-0.1, -0.05) is 0 Å². The quantitative estimate of drug-likeness (QED) is 0.872. The molecule has 0 aromatic carbocycles. The van der Waals surface area contributed by atoms with Crippen molar-refractivity contribution < 1.29 is 9.53 Å². The van der Waals surface area contributed by atoms with Gasteiger partial charge >= 0.3 is 0 Å². The van der Waals surface area contributed by atoms with Crippen molar-refractivity contribution in [2.75, 3.05) is 27.3 Å². The van der Waals surface area contributed by atoms with E-state index in [0.717, 1.165) is 9.88 Å². The molecule has 1 N–H and O–H groups in total. The van der Waals surface area contributed by atoms with Crippen molar-refractivity contribution in [2.45, 2.75) is 19.5 Å². The third kappa shape index (κ3) is 2.88. The molecule has 2 atom stereocenters. The summed E-state index contributed by atoms with van der Waals surface area (Å²) < 4.78 is 5.37. The van der Waals surface area contributed by atoms with Crippen LogP contribution in [0.5, 0.6) is 0 Å². The molecular formula is C12H19N3O2S. The van der Waals surface area contributed by atoms with E-state index in [1.807, 2.05) is 27.2 Å². The maximum atomic E-state index is 12.3. The molecule has 6 heteroatoms. The highest BCUT2D eigenvalue weighted by atomic mass is 32.1. The Balaban J connectivity index is 1.96. The fourth-order valence-electron chi connectivity index (χ4n) is 2.16. The number of likely N-dealkylation sites (N-methyl/N-ethyl adjacent to an activating group) is 1. The van der Waals surface area contributed by atoms with Crippen LogP contribution >= 0.6 is 11.3 Å². The number of carbonyl (C=O) groups is 1. The van der Waals surface area contributed by atoms with Gasteiger partial charge in [0.15, 0.2) is 0 Å². The first-order valence-corrected chi connectivity index (χ1v) is 6.84. The van der Waals surface area contributed by atoms with E-state index in [4.69, 9.17) is 4.74 Å². The number of ether oxygens (including phenoxy) is 1. The Kier molecular flexibility index (Phi) is 4.31. The maximum absolute atomic E-state index is 12.3. The van der Waals surface area contributed by atoms with Gasteiger partial charge in [-0.15, -0.1) is 11.3 Å². The first-order valence-electron chi connectivity index (χ1n) is 6.03. The summed E-state index contributed by atoms with van der Waals surface area (Å²) in [6.07, 6.45) is 1.84. The van der Waals surface area contributed by atoms with Crippen LogP contribution in [-0.2, 0) is 16.1 Å². The summed E-state index contributed by atoms with van der Waals surface area (Å²) in [5, 5.41) is 4.17. The van der Waals surface area contributed by atoms with E-state index in [1.165, 1.54) is 0 Å². The van der Waals surface area contributed by atoms with Gasteiger partial charge in [0.25, 0.3) is 0 Å². The lowest BCUT2D eigenvalue weighted by Crippen LogP contribution is -2.43. The zero-order valence-corrected chi connectivity index (χ0v) is 11.8. The van der Waals surface area contributed by atoms with Gasteiger partial charge in [0.05, 0.1) is 30.7 Å². The van der Waals surface area contributed by atoms with E-state index < -0.39 is 0 Å². The zero-order valence-electron chi connectivity index (χ0n) is 11.0. The Hall–Kier alpha value is -0.980. The predicted octanol–water partition coefficient (Wildman–Crippen LogP) is 0.644. The van der Waals surface area contributed by atoms with Crippen molar-refractivity contribution in [3.05, 3.63) is 16.1 Å². The van der Waals surface area contributed by atoms with Crippen molar-refractivity contribution in [3.8, 4) is 0 Å². The molecule has 0 saturated carbocycles. The van der Waals surface area contributed by atoms with Crippen LogP contribution in [0.4, 0.5) is 0 Å². The third-order valence-electron chi connectivity index (χ3n) is 3.21. The summed E-state index contributed by atoms with van der Waals surface area (Å²) in [4.78, 5) is 19.4. The monoisotopic (exact) mass is 269 g/mol. The summed E-state index contributed by atoms with van der Waals surface area (Å²) in [7, 11) is 3.70. The smallest absolute Gasteiger partial charge is 0.229 e. The fraction of sp³-hybridized carbons (Fsp3) is 0.667. The summed E-state index contributed by atoms with van der Waals surface area (Å²) in [6.45, 7) is 3.71. The molecule has 1 amide bonds. The van der Waals surface area contributed by atoms with E-state index >= 15 is 0 Å². The molecule has 1 aliphatic rings. The lowest BCUT2D eigenvalue weighted by atomic mass is 10.0. The van der Waals surface area contributed by atoms with Gasteiger partial charge in [0, 0.05) is 24.2 Å². The highest BCUT2D eigenvalue weighted by Gasteiger charge is 2.34. The van der Waals surface area contributed by atoms with Crippen LogP contribution in [-0.4, -0.2) is 49.1 Å². The van der Waals surface area contributed by atoms with Gasteiger partial charge in [-0.3, -0.25) is 4.79 Å². The molecule has 0 radical (unpaired) electrons. The van der Waals surface area contributed by atoms with Crippen LogP contribution in [0.25, 0.3) is 0 Å². The number of nitrogens with one attached hydrogen (secondary N) is 1. The van der Waals surface area contributed by atoms with E-state index in [1.54, 1.807) is 16.2 Å². The SMILES string of the molecule is CNC1COCC1C(=O)N(C)Cc1cnc(C)s1. The Morgan fingerprint density at radius 2 is 2.44 bits per heavy atom. The fourth-order valence-corrected chi connectivity index (χ4v) is 3.00. The van der Waals surface area contributed by atoms with Crippen molar-refractivity contribution in [1.82, 2.24) is 15.2 Å². The number of hydrogen-bond donors (Lipinski definition) is 1. The van der Waals surface area contributed by atoms with Crippen molar-refractivity contribution >= 4 is 17.2 Å². The maximum Gasteiger partial charge on any atom is 0.229 e. The predicted molar refractivity (Wildman–Crippen MR) is 70.5 cm³/mol. The molecule has 1 saturated heterocycles. The lowest BCUT2D eigenvalue weighted by Gasteiger charge is -2.23. The van der Waals surface area contributed by atoms with E-state index in [9.17, 15) is 4.79 Å². The molecule has 2 rings (SSSR count). The molecule has 0 aliphatic carbocycles. The van der Waals surface area contributed by atoms with Gasteiger partial charge < -0.3 is 15.0 Å². The number of rotatable bonds is 4. The summed E-state index contributed by atoms with van der Waals surface area (Å²) in [6, 6.07) is 0.128. The minimum absolute atomic E-state index is 0.0750. The van der Waals surface area contributed by atoms with Crippen LogP contribution in [0.3, 0.4) is 0 Å². The van der Waals surface area contributed by atoms with Gasteiger partial charge in [-0.25, -0.2) is 4.98 Å². The topological polar surface area (TPSA) is 54.5 Å². The molecule has 1 aromatic rings. The molecule has 0 bridgehead atoms. The molecule has 1 fully saturated rings. The Bertz CT molecular complexity index is 421. The summed E-state index contributed by atoms with van der Waals surface area (Å²) in [5.41, 5.74) is 0. The number of carbonyl (C=O) groups excluding carboxylic acids is 1. The van der Waals surface area contributed by atoms with E-state index in [2.05, 4.69) is 10.3 Å². The number of hydrogen-bond acceptors (Lipinski definition) is 5. The van der Waals surface area contributed by atoms with E-state index in [0.29, 0.717) is 19.8 Å². The molecule has 2 heterocycles. The molecular weight excluding hydrogens is 250 g/mol. The van der Waals surface area contributed by atoms with Crippen LogP contribution in [0.2, 0.25) is 0 Å².